The van der Waals surface area contributed by atoms with Crippen LogP contribution in [0, 0.1) is 5.92 Å². The zero-order valence-corrected chi connectivity index (χ0v) is 21.6. The van der Waals surface area contributed by atoms with Gasteiger partial charge in [0.25, 0.3) is 5.91 Å². The Kier molecular flexibility index (Phi) is 9.15. The highest BCUT2D eigenvalue weighted by Gasteiger charge is 2.17. The van der Waals surface area contributed by atoms with Gasteiger partial charge in [0.05, 0.1) is 5.92 Å². The molecule has 0 aromatic heterocycles. The van der Waals surface area contributed by atoms with Crippen LogP contribution in [0.3, 0.4) is 0 Å². The summed E-state index contributed by atoms with van der Waals surface area (Å²) in [5.74, 6) is -0.0404. The fourth-order valence-electron chi connectivity index (χ4n) is 3.83. The number of carbonyl (C=O) groups is 2. The lowest BCUT2D eigenvalue weighted by Gasteiger charge is -2.18. The van der Waals surface area contributed by atoms with Crippen molar-refractivity contribution in [2.75, 3.05) is 12.4 Å². The largest absolute Gasteiger partial charge is 0.337 e. The van der Waals surface area contributed by atoms with E-state index in [9.17, 15) is 9.59 Å². The lowest BCUT2D eigenvalue weighted by Crippen LogP contribution is -2.36. The van der Waals surface area contributed by atoms with Crippen molar-refractivity contribution in [1.82, 2.24) is 10.2 Å². The summed E-state index contributed by atoms with van der Waals surface area (Å²) in [5, 5.41) is 5.98. The van der Waals surface area contributed by atoms with E-state index in [0.29, 0.717) is 23.7 Å². The third-order valence-electron chi connectivity index (χ3n) is 5.73. The van der Waals surface area contributed by atoms with E-state index in [0.717, 1.165) is 17.5 Å². The van der Waals surface area contributed by atoms with E-state index in [1.165, 1.54) is 5.56 Å². The summed E-state index contributed by atoms with van der Waals surface area (Å²) >= 11 is 5.36. The second-order valence-corrected chi connectivity index (χ2v) is 9.64. The molecule has 2 N–H and O–H groups in total. The molecule has 1 unspecified atom stereocenters. The van der Waals surface area contributed by atoms with Gasteiger partial charge in [-0.2, -0.15) is 0 Å². The number of rotatable bonds is 8. The van der Waals surface area contributed by atoms with E-state index in [1.54, 1.807) is 30.1 Å². The Balaban J connectivity index is 1.57. The minimum Gasteiger partial charge on any atom is -0.337 e. The fourth-order valence-corrected chi connectivity index (χ4v) is 4.05. The molecule has 0 saturated heterocycles. The first kappa shape index (κ1) is 26.1. The minimum atomic E-state index is -0.345. The van der Waals surface area contributed by atoms with Crippen LogP contribution in [-0.4, -0.2) is 28.9 Å². The van der Waals surface area contributed by atoms with Crippen LogP contribution in [-0.2, 0) is 17.8 Å². The van der Waals surface area contributed by atoms with E-state index < -0.39 is 0 Å². The summed E-state index contributed by atoms with van der Waals surface area (Å²) in [6.07, 6.45) is 1.01. The predicted octanol–water partition coefficient (Wildman–Crippen LogP) is 5.77. The van der Waals surface area contributed by atoms with Gasteiger partial charge in [-0.3, -0.25) is 9.59 Å². The molecule has 3 rings (SSSR count). The second kappa shape index (κ2) is 12.3. The van der Waals surface area contributed by atoms with Gasteiger partial charge in [-0.1, -0.05) is 74.5 Å². The Morgan fingerprint density at radius 1 is 0.886 bits per heavy atom. The van der Waals surface area contributed by atoms with Gasteiger partial charge >= 0.3 is 0 Å². The predicted molar refractivity (Wildman–Crippen MR) is 146 cm³/mol. The van der Waals surface area contributed by atoms with Crippen LogP contribution in [0.25, 0.3) is 0 Å². The molecule has 1 atom stereocenters. The van der Waals surface area contributed by atoms with Gasteiger partial charge in [0.2, 0.25) is 5.91 Å². The number of hydrogen-bond acceptors (Lipinski definition) is 3. The van der Waals surface area contributed by atoms with Crippen molar-refractivity contribution >= 4 is 34.8 Å². The molecule has 5 nitrogen and oxygen atoms in total. The van der Waals surface area contributed by atoms with Crippen molar-refractivity contribution in [3.63, 3.8) is 0 Å². The van der Waals surface area contributed by atoms with E-state index in [1.807, 2.05) is 55.5 Å². The Bertz CT molecular complexity index is 1160. The quantitative estimate of drug-likeness (QED) is 0.396. The highest BCUT2D eigenvalue weighted by atomic mass is 32.1. The smallest absolute Gasteiger partial charge is 0.253 e. The van der Waals surface area contributed by atoms with Gasteiger partial charge in [-0.05, 0) is 66.4 Å². The molecule has 35 heavy (non-hydrogen) atoms. The van der Waals surface area contributed by atoms with Gasteiger partial charge in [0, 0.05) is 24.8 Å². The van der Waals surface area contributed by atoms with Gasteiger partial charge < -0.3 is 15.5 Å². The second-order valence-electron chi connectivity index (χ2n) is 9.23. The van der Waals surface area contributed by atoms with Gasteiger partial charge in [0.1, 0.15) is 0 Å². The maximum Gasteiger partial charge on any atom is 0.253 e. The highest BCUT2D eigenvalue weighted by molar-refractivity contribution is 7.80. The van der Waals surface area contributed by atoms with Crippen molar-refractivity contribution in [2.24, 2.45) is 5.92 Å². The number of nitrogens with zero attached hydrogens (tertiary/aromatic N) is 1. The molecule has 0 spiro atoms. The van der Waals surface area contributed by atoms with Crippen LogP contribution in [0.2, 0.25) is 0 Å². The molecular formula is C29H33N3O2S. The summed E-state index contributed by atoms with van der Waals surface area (Å²) in [7, 11) is 1.77. The molecule has 3 aromatic carbocycles. The van der Waals surface area contributed by atoms with Crippen molar-refractivity contribution in [3.8, 4) is 0 Å². The third-order valence-corrected chi connectivity index (χ3v) is 5.93. The molecule has 0 fully saturated rings. The van der Waals surface area contributed by atoms with Crippen molar-refractivity contribution in [3.05, 3.63) is 101 Å². The molecule has 3 aromatic rings. The highest BCUT2D eigenvalue weighted by Crippen LogP contribution is 2.18. The topological polar surface area (TPSA) is 61.4 Å². The zero-order chi connectivity index (χ0) is 25.4. The standard InChI is InChI=1S/C29H33N3O2S/c1-20(2)17-22-13-15-24(16-14-22)21(3)27(33)31-29(35)30-26-12-8-11-25(18-26)28(34)32(4)19-23-9-6-5-7-10-23/h5-16,18,20-21H,17,19H2,1-4H3,(H2,30,31,33,35). The Hall–Kier alpha value is -3.51. The molecule has 0 aliphatic heterocycles. The molecule has 0 aliphatic carbocycles. The minimum absolute atomic E-state index is 0.0954. The number of anilines is 1. The average molecular weight is 488 g/mol. The summed E-state index contributed by atoms with van der Waals surface area (Å²) < 4.78 is 0. The first-order valence-electron chi connectivity index (χ1n) is 11.8. The number of amides is 2. The van der Waals surface area contributed by atoms with Crippen LogP contribution in [0.15, 0.2) is 78.9 Å². The SMILES string of the molecule is CC(C)Cc1ccc(C(C)C(=O)NC(=S)Nc2cccc(C(=O)N(C)Cc3ccccc3)c2)cc1. The Morgan fingerprint density at radius 2 is 1.57 bits per heavy atom. The number of hydrogen-bond donors (Lipinski definition) is 2. The van der Waals surface area contributed by atoms with E-state index in [4.69, 9.17) is 12.2 Å². The summed E-state index contributed by atoms with van der Waals surface area (Å²) in [6.45, 7) is 6.75. The van der Waals surface area contributed by atoms with Gasteiger partial charge in [-0.25, -0.2) is 0 Å². The van der Waals surface area contributed by atoms with E-state index in [-0.39, 0.29) is 22.8 Å². The number of thiocarbonyl (C=S) groups is 1. The monoisotopic (exact) mass is 487 g/mol. The molecule has 0 saturated carbocycles. The number of nitrogens with one attached hydrogen (secondary N) is 2. The third kappa shape index (κ3) is 7.76. The molecular weight excluding hydrogens is 454 g/mol. The van der Waals surface area contributed by atoms with Gasteiger partial charge in [0.15, 0.2) is 5.11 Å². The van der Waals surface area contributed by atoms with Crippen LogP contribution >= 0.6 is 12.2 Å². The van der Waals surface area contributed by atoms with Crippen LogP contribution < -0.4 is 10.6 Å². The van der Waals surface area contributed by atoms with Crippen molar-refractivity contribution in [1.29, 1.82) is 0 Å². The summed E-state index contributed by atoms with van der Waals surface area (Å²) in [5.41, 5.74) is 4.44. The summed E-state index contributed by atoms with van der Waals surface area (Å²) in [4.78, 5) is 27.3. The number of benzene rings is 3. The Labute approximate surface area is 213 Å². The zero-order valence-electron chi connectivity index (χ0n) is 20.7. The van der Waals surface area contributed by atoms with E-state index in [2.05, 4.69) is 36.6 Å². The van der Waals surface area contributed by atoms with Crippen LogP contribution in [0.5, 0.6) is 0 Å². The van der Waals surface area contributed by atoms with Crippen molar-refractivity contribution in [2.45, 2.75) is 39.7 Å². The summed E-state index contributed by atoms with van der Waals surface area (Å²) in [6, 6.07) is 25.1. The van der Waals surface area contributed by atoms with Gasteiger partial charge in [-0.15, -0.1) is 0 Å². The molecule has 0 bridgehead atoms. The van der Waals surface area contributed by atoms with E-state index >= 15 is 0 Å². The van der Waals surface area contributed by atoms with Crippen molar-refractivity contribution < 1.29 is 9.59 Å². The van der Waals surface area contributed by atoms with Crippen LogP contribution in [0.1, 0.15) is 53.7 Å². The molecule has 0 aliphatic rings. The maximum atomic E-state index is 12.9. The molecule has 0 radical (unpaired) electrons. The molecule has 0 heterocycles. The first-order valence-corrected chi connectivity index (χ1v) is 12.2. The lowest BCUT2D eigenvalue weighted by molar-refractivity contribution is -0.120. The normalized spacial score (nSPS) is 11.6. The lowest BCUT2D eigenvalue weighted by atomic mass is 9.96. The fraction of sp³-hybridized carbons (Fsp3) is 0.276. The molecule has 2 amide bonds. The maximum absolute atomic E-state index is 12.9. The molecule has 6 heteroatoms. The Morgan fingerprint density at radius 3 is 2.23 bits per heavy atom. The first-order chi connectivity index (χ1) is 16.7. The molecule has 182 valence electrons. The average Bonchev–Trinajstić information content (AvgIpc) is 2.84. The van der Waals surface area contributed by atoms with Crippen LogP contribution in [0.4, 0.5) is 5.69 Å². The number of carbonyl (C=O) groups excluding carboxylic acids is 2.